The van der Waals surface area contributed by atoms with Crippen LogP contribution in [0.15, 0.2) is 24.3 Å². The maximum absolute atomic E-state index is 5.99. The Morgan fingerprint density at radius 1 is 1.24 bits per heavy atom. The molecule has 1 fully saturated rings. The Morgan fingerprint density at radius 3 is 2.47 bits per heavy atom. The van der Waals surface area contributed by atoms with Gasteiger partial charge in [0.05, 0.1) is 12.7 Å². The molecule has 3 atom stereocenters. The smallest absolute Gasteiger partial charge is 0.0975 e. The van der Waals surface area contributed by atoms with Crippen LogP contribution in [0, 0.1) is 0 Å². The lowest BCUT2D eigenvalue weighted by molar-refractivity contribution is -0.0252. The standard InChI is InChI=1S/C15H23NO/c1-4-12-6-8-13(9-7-12)15-11(3)16-14(5-2)10-17-15/h6-9,11,14-16H,4-5,10H2,1-3H3. The highest BCUT2D eigenvalue weighted by Gasteiger charge is 2.27. The second-order valence-electron chi connectivity index (χ2n) is 4.91. The fraction of sp³-hybridized carbons (Fsp3) is 0.600. The molecule has 94 valence electrons. The largest absolute Gasteiger partial charge is 0.370 e. The molecule has 1 aliphatic heterocycles. The number of nitrogens with one attached hydrogen (secondary N) is 1. The van der Waals surface area contributed by atoms with E-state index in [0.717, 1.165) is 19.4 Å². The Balaban J connectivity index is 2.06. The lowest BCUT2D eigenvalue weighted by Crippen LogP contribution is -2.48. The zero-order valence-corrected chi connectivity index (χ0v) is 11.1. The first kappa shape index (κ1) is 12.6. The van der Waals surface area contributed by atoms with Gasteiger partial charge in [0.15, 0.2) is 0 Å². The maximum Gasteiger partial charge on any atom is 0.0975 e. The zero-order chi connectivity index (χ0) is 12.3. The van der Waals surface area contributed by atoms with Crippen LogP contribution in [-0.4, -0.2) is 18.7 Å². The van der Waals surface area contributed by atoms with Crippen molar-refractivity contribution in [1.82, 2.24) is 5.32 Å². The van der Waals surface area contributed by atoms with Crippen molar-refractivity contribution in [2.75, 3.05) is 6.61 Å². The molecule has 1 saturated heterocycles. The van der Waals surface area contributed by atoms with E-state index in [1.807, 2.05) is 0 Å². The third-order valence-corrected chi connectivity index (χ3v) is 3.64. The van der Waals surface area contributed by atoms with E-state index in [9.17, 15) is 0 Å². The molecular formula is C15H23NO. The maximum atomic E-state index is 5.99. The molecule has 3 unspecified atom stereocenters. The average molecular weight is 233 g/mol. The van der Waals surface area contributed by atoms with Crippen molar-refractivity contribution in [2.24, 2.45) is 0 Å². The van der Waals surface area contributed by atoms with Crippen molar-refractivity contribution in [2.45, 2.75) is 51.8 Å². The summed E-state index contributed by atoms with van der Waals surface area (Å²) in [5.74, 6) is 0. The minimum atomic E-state index is 0.198. The van der Waals surface area contributed by atoms with Gasteiger partial charge in [-0.25, -0.2) is 0 Å². The highest BCUT2D eigenvalue weighted by molar-refractivity contribution is 5.25. The van der Waals surface area contributed by atoms with E-state index in [1.54, 1.807) is 0 Å². The van der Waals surface area contributed by atoms with Gasteiger partial charge in [-0.3, -0.25) is 0 Å². The molecule has 0 radical (unpaired) electrons. The molecule has 0 aliphatic carbocycles. The molecule has 0 amide bonds. The minimum Gasteiger partial charge on any atom is -0.370 e. The summed E-state index contributed by atoms with van der Waals surface area (Å²) in [5, 5.41) is 3.62. The molecule has 0 bridgehead atoms. The molecule has 1 aromatic carbocycles. The van der Waals surface area contributed by atoms with Gasteiger partial charge >= 0.3 is 0 Å². The predicted octanol–water partition coefficient (Wildman–Crippen LogP) is 3.08. The van der Waals surface area contributed by atoms with E-state index in [-0.39, 0.29) is 6.10 Å². The molecule has 1 N–H and O–H groups in total. The van der Waals surface area contributed by atoms with Crippen LogP contribution in [0.2, 0.25) is 0 Å². The van der Waals surface area contributed by atoms with E-state index in [2.05, 4.69) is 50.4 Å². The van der Waals surface area contributed by atoms with Crippen LogP contribution in [0.4, 0.5) is 0 Å². The number of morpholine rings is 1. The Kier molecular flexibility index (Phi) is 4.19. The SMILES string of the molecule is CCc1ccc(C2OCC(CC)NC2C)cc1. The van der Waals surface area contributed by atoms with Crippen molar-refractivity contribution < 1.29 is 4.74 Å². The van der Waals surface area contributed by atoms with Gasteiger partial charge in [0, 0.05) is 12.1 Å². The van der Waals surface area contributed by atoms with Crippen molar-refractivity contribution in [3.05, 3.63) is 35.4 Å². The number of benzene rings is 1. The lowest BCUT2D eigenvalue weighted by atomic mass is 9.98. The zero-order valence-electron chi connectivity index (χ0n) is 11.1. The van der Waals surface area contributed by atoms with E-state index >= 15 is 0 Å². The topological polar surface area (TPSA) is 21.3 Å². The normalized spacial score (nSPS) is 29.2. The van der Waals surface area contributed by atoms with Crippen LogP contribution in [0.5, 0.6) is 0 Å². The predicted molar refractivity (Wildman–Crippen MR) is 71.2 cm³/mol. The Morgan fingerprint density at radius 2 is 1.94 bits per heavy atom. The summed E-state index contributed by atoms with van der Waals surface area (Å²) in [5.41, 5.74) is 2.67. The summed E-state index contributed by atoms with van der Waals surface area (Å²) in [7, 11) is 0. The Bertz CT molecular complexity index is 346. The number of rotatable bonds is 3. The first-order valence-electron chi connectivity index (χ1n) is 6.71. The summed E-state index contributed by atoms with van der Waals surface area (Å²) in [4.78, 5) is 0. The molecule has 2 heteroatoms. The molecule has 0 spiro atoms. The van der Waals surface area contributed by atoms with Gasteiger partial charge in [0.2, 0.25) is 0 Å². The Labute approximate surface area is 104 Å². The van der Waals surface area contributed by atoms with E-state index in [1.165, 1.54) is 11.1 Å². The van der Waals surface area contributed by atoms with Gasteiger partial charge in [0.25, 0.3) is 0 Å². The molecule has 17 heavy (non-hydrogen) atoms. The fourth-order valence-electron chi connectivity index (χ4n) is 2.44. The van der Waals surface area contributed by atoms with Crippen molar-refractivity contribution >= 4 is 0 Å². The van der Waals surface area contributed by atoms with Crippen LogP contribution in [0.1, 0.15) is 44.4 Å². The molecule has 0 saturated carbocycles. The molecule has 2 rings (SSSR count). The first-order valence-corrected chi connectivity index (χ1v) is 6.71. The van der Waals surface area contributed by atoms with Gasteiger partial charge < -0.3 is 10.1 Å². The van der Waals surface area contributed by atoms with E-state index in [0.29, 0.717) is 12.1 Å². The summed E-state index contributed by atoms with van der Waals surface area (Å²) < 4.78 is 5.99. The van der Waals surface area contributed by atoms with Crippen molar-refractivity contribution in [3.8, 4) is 0 Å². The van der Waals surface area contributed by atoms with Crippen molar-refractivity contribution in [1.29, 1.82) is 0 Å². The Hall–Kier alpha value is -0.860. The summed E-state index contributed by atoms with van der Waals surface area (Å²) in [6.45, 7) is 7.41. The van der Waals surface area contributed by atoms with Gasteiger partial charge in [-0.1, -0.05) is 38.1 Å². The number of ether oxygens (including phenoxy) is 1. The van der Waals surface area contributed by atoms with Crippen molar-refractivity contribution in [3.63, 3.8) is 0 Å². The van der Waals surface area contributed by atoms with Crippen LogP contribution < -0.4 is 5.32 Å². The molecule has 0 aromatic heterocycles. The van der Waals surface area contributed by atoms with Crippen LogP contribution in [0.25, 0.3) is 0 Å². The number of hydrogen-bond acceptors (Lipinski definition) is 2. The van der Waals surface area contributed by atoms with Gasteiger partial charge in [-0.15, -0.1) is 0 Å². The van der Waals surface area contributed by atoms with Gasteiger partial charge in [0.1, 0.15) is 0 Å². The highest BCUT2D eigenvalue weighted by Crippen LogP contribution is 2.26. The number of hydrogen-bond donors (Lipinski definition) is 1. The number of aryl methyl sites for hydroxylation is 1. The monoisotopic (exact) mass is 233 g/mol. The summed E-state index contributed by atoms with van der Waals surface area (Å²) >= 11 is 0. The highest BCUT2D eigenvalue weighted by atomic mass is 16.5. The third kappa shape index (κ3) is 2.88. The molecule has 1 aliphatic rings. The second kappa shape index (κ2) is 5.65. The molecule has 2 nitrogen and oxygen atoms in total. The third-order valence-electron chi connectivity index (χ3n) is 3.64. The minimum absolute atomic E-state index is 0.198. The second-order valence-corrected chi connectivity index (χ2v) is 4.91. The summed E-state index contributed by atoms with van der Waals surface area (Å²) in [6.07, 6.45) is 2.42. The lowest BCUT2D eigenvalue weighted by Gasteiger charge is -2.35. The van der Waals surface area contributed by atoms with E-state index < -0.39 is 0 Å². The quantitative estimate of drug-likeness (QED) is 0.866. The van der Waals surface area contributed by atoms with Crippen LogP contribution in [0.3, 0.4) is 0 Å². The van der Waals surface area contributed by atoms with Gasteiger partial charge in [-0.05, 0) is 30.9 Å². The fourth-order valence-corrected chi connectivity index (χ4v) is 2.44. The van der Waals surface area contributed by atoms with Gasteiger partial charge in [-0.2, -0.15) is 0 Å². The molecule has 1 heterocycles. The van der Waals surface area contributed by atoms with Crippen LogP contribution in [-0.2, 0) is 11.2 Å². The van der Waals surface area contributed by atoms with E-state index in [4.69, 9.17) is 4.74 Å². The average Bonchev–Trinajstić information content (AvgIpc) is 2.39. The first-order chi connectivity index (χ1) is 8.24. The van der Waals surface area contributed by atoms with Crippen LogP contribution >= 0.6 is 0 Å². The molecular weight excluding hydrogens is 210 g/mol. The summed E-state index contributed by atoms with van der Waals surface area (Å²) in [6, 6.07) is 9.72. The molecule has 1 aromatic rings.